The summed E-state index contributed by atoms with van der Waals surface area (Å²) in [5.74, 6) is -2.65. The highest BCUT2D eigenvalue weighted by molar-refractivity contribution is 7.96. The van der Waals surface area contributed by atoms with Gasteiger partial charge < -0.3 is 14.7 Å². The molecule has 0 spiro atoms. The van der Waals surface area contributed by atoms with Gasteiger partial charge in [0, 0.05) is 30.6 Å². The summed E-state index contributed by atoms with van der Waals surface area (Å²) in [4.78, 5) is 10.5. The van der Waals surface area contributed by atoms with Gasteiger partial charge in [-0.15, -0.1) is 0 Å². The summed E-state index contributed by atoms with van der Waals surface area (Å²) in [6.45, 7) is 2.00. The number of nitrogens with two attached hydrogens (primary N) is 1. The lowest BCUT2D eigenvalue weighted by molar-refractivity contribution is -0.00596. The minimum Gasteiger partial charge on any atom is -0.389 e. The van der Waals surface area contributed by atoms with Crippen molar-refractivity contribution in [2.75, 3.05) is 30.6 Å². The van der Waals surface area contributed by atoms with E-state index in [0.717, 1.165) is 17.5 Å². The molecule has 0 radical (unpaired) electrons. The van der Waals surface area contributed by atoms with Crippen molar-refractivity contribution in [3.63, 3.8) is 0 Å². The zero-order valence-electron chi connectivity index (χ0n) is 16.3. The van der Waals surface area contributed by atoms with Gasteiger partial charge >= 0.3 is 0 Å². The van der Waals surface area contributed by atoms with Crippen LogP contribution in [0.4, 0.5) is 19.1 Å². The van der Waals surface area contributed by atoms with Crippen molar-refractivity contribution in [2.45, 2.75) is 37.9 Å². The van der Waals surface area contributed by atoms with E-state index < -0.39 is 18.0 Å². The highest BCUT2D eigenvalue weighted by Crippen LogP contribution is 2.44. The van der Waals surface area contributed by atoms with Crippen LogP contribution in [0, 0.1) is 0 Å². The third-order valence-electron chi connectivity index (χ3n) is 5.49. The van der Waals surface area contributed by atoms with Crippen LogP contribution in [0.25, 0.3) is 11.3 Å². The Morgan fingerprint density at radius 1 is 1.23 bits per heavy atom. The smallest absolute Gasteiger partial charge is 0.290 e. The fraction of sp³-hybridized carbons (Fsp3) is 0.500. The van der Waals surface area contributed by atoms with Crippen LogP contribution in [0.15, 0.2) is 18.2 Å². The number of aliphatic hydroxyl groups is 1. The number of aliphatic hydroxyl groups excluding tert-OH is 1. The molecule has 1 aromatic heterocycles. The Bertz CT molecular complexity index is 923. The van der Waals surface area contributed by atoms with Gasteiger partial charge in [0.05, 0.1) is 25.0 Å². The summed E-state index contributed by atoms with van der Waals surface area (Å²) in [6.07, 6.45) is 0.460. The quantitative estimate of drug-likeness (QED) is 0.710. The molecule has 0 unspecified atom stereocenters. The van der Waals surface area contributed by atoms with Crippen molar-refractivity contribution >= 4 is 17.9 Å². The number of aromatic nitrogens is 2. The number of hydrogen-bond acceptors (Lipinski definition) is 7. The monoisotopic (exact) mass is 440 g/mol. The zero-order chi connectivity index (χ0) is 21.3. The second-order valence-electron chi connectivity index (χ2n) is 7.52. The summed E-state index contributed by atoms with van der Waals surface area (Å²) < 4.78 is 44.8. The van der Waals surface area contributed by atoms with Crippen LogP contribution in [-0.2, 0) is 30.1 Å². The summed E-state index contributed by atoms with van der Waals surface area (Å²) in [5, 5.41) is 14.1. The second-order valence-corrected chi connectivity index (χ2v) is 8.08. The molecule has 3 heterocycles. The Morgan fingerprint density at radius 3 is 2.70 bits per heavy atom. The van der Waals surface area contributed by atoms with E-state index in [1.807, 2.05) is 18.2 Å². The van der Waals surface area contributed by atoms with Gasteiger partial charge in [-0.2, -0.15) is 8.78 Å². The fourth-order valence-electron chi connectivity index (χ4n) is 3.93. The molecule has 0 bridgehead atoms. The minimum atomic E-state index is -2.93. The van der Waals surface area contributed by atoms with Crippen molar-refractivity contribution in [3.05, 3.63) is 40.6 Å². The summed E-state index contributed by atoms with van der Waals surface area (Å²) in [5.41, 5.74) is 4.11. The number of hydrogen-bond donors (Lipinski definition) is 2. The molecule has 30 heavy (non-hydrogen) atoms. The van der Waals surface area contributed by atoms with Crippen molar-refractivity contribution in [1.82, 2.24) is 9.97 Å². The van der Waals surface area contributed by atoms with Crippen LogP contribution in [0.3, 0.4) is 0 Å². The average molecular weight is 440 g/mol. The molecule has 0 amide bonds. The van der Waals surface area contributed by atoms with Crippen LogP contribution >= 0.6 is 11.9 Å². The van der Waals surface area contributed by atoms with Crippen LogP contribution in [-0.4, -0.2) is 46.9 Å². The van der Waals surface area contributed by atoms with E-state index in [-0.39, 0.29) is 24.5 Å². The van der Waals surface area contributed by atoms with Crippen LogP contribution in [0.5, 0.6) is 0 Å². The molecule has 2 aliphatic heterocycles. The lowest BCUT2D eigenvalue weighted by atomic mass is 9.97. The molecule has 10 heteroatoms. The number of β-amino-alcohol motifs (C(OH)–C–C–N with tert-alkyl or cyclic N) is 1. The Hall–Kier alpha value is -1.88. The highest BCUT2D eigenvalue weighted by atomic mass is 32.2. The summed E-state index contributed by atoms with van der Waals surface area (Å²) in [6, 6.07) is 5.52. The first kappa shape index (κ1) is 21.4. The number of fused-ring (bicyclic) bond motifs is 2. The van der Waals surface area contributed by atoms with Gasteiger partial charge in [-0.1, -0.05) is 24.1 Å². The fourth-order valence-corrected chi connectivity index (χ4v) is 3.93. The van der Waals surface area contributed by atoms with Gasteiger partial charge in [-0.25, -0.2) is 14.4 Å². The standard InChI is InChI=1S/C19H19F2N3O2.CH4FNS/c20-19(21)5-3-15-16(12-2-1-11-4-6-26-10-13(11)7-12)22-18(23-17(15)19)24-8-14(25)9-24;2-1-4-3/h1-2,7,14,25H,3-6,8-10H2;1,3H2. The van der Waals surface area contributed by atoms with Gasteiger partial charge in [0.1, 0.15) is 11.7 Å². The molecule has 1 fully saturated rings. The van der Waals surface area contributed by atoms with Crippen LogP contribution in [0.1, 0.15) is 28.8 Å². The lowest BCUT2D eigenvalue weighted by Crippen LogP contribution is -2.51. The number of halogens is 3. The Labute approximate surface area is 176 Å². The number of benzene rings is 1. The van der Waals surface area contributed by atoms with Crippen molar-refractivity contribution < 1.29 is 23.0 Å². The molecule has 6 nitrogen and oxygen atoms in total. The zero-order valence-corrected chi connectivity index (χ0v) is 17.1. The van der Waals surface area contributed by atoms with E-state index in [9.17, 15) is 18.3 Å². The first-order valence-electron chi connectivity index (χ1n) is 9.72. The lowest BCUT2D eigenvalue weighted by Gasteiger charge is -2.36. The van der Waals surface area contributed by atoms with Gasteiger partial charge in [-0.05, 0) is 30.0 Å². The van der Waals surface area contributed by atoms with Crippen molar-refractivity contribution in [3.8, 4) is 11.3 Å². The molecule has 3 N–H and O–H groups in total. The van der Waals surface area contributed by atoms with E-state index in [4.69, 9.17) is 4.74 Å². The van der Waals surface area contributed by atoms with Crippen LogP contribution in [0.2, 0.25) is 0 Å². The average Bonchev–Trinajstić information content (AvgIpc) is 3.05. The SMILES string of the molecule is NSCF.OC1CN(c2nc(-c3ccc4c(c3)COCC4)c3c(n2)C(F)(F)CC3)C1. The molecule has 3 aliphatic rings. The van der Waals surface area contributed by atoms with Gasteiger partial charge in [0.15, 0.2) is 0 Å². The third kappa shape index (κ3) is 4.14. The molecule has 1 aromatic carbocycles. The molecule has 0 atom stereocenters. The van der Waals surface area contributed by atoms with Gasteiger partial charge in [0.25, 0.3) is 5.92 Å². The maximum atomic E-state index is 14.4. The number of nitrogens with zero attached hydrogens (tertiary/aromatic N) is 3. The second kappa shape index (κ2) is 8.70. The van der Waals surface area contributed by atoms with Crippen molar-refractivity contribution in [2.24, 2.45) is 5.14 Å². The summed E-state index contributed by atoms with van der Waals surface area (Å²) in [7, 11) is 0. The Balaban J connectivity index is 0.000000503. The number of anilines is 1. The molecular weight excluding hydrogens is 417 g/mol. The van der Waals surface area contributed by atoms with E-state index in [1.54, 1.807) is 4.90 Å². The molecule has 1 saturated heterocycles. The molecule has 2 aromatic rings. The van der Waals surface area contributed by atoms with Gasteiger partial charge in [0.2, 0.25) is 5.95 Å². The van der Waals surface area contributed by atoms with Crippen LogP contribution < -0.4 is 10.0 Å². The highest BCUT2D eigenvalue weighted by Gasteiger charge is 2.44. The van der Waals surface area contributed by atoms with E-state index >= 15 is 0 Å². The third-order valence-corrected chi connectivity index (χ3v) is 5.62. The molecule has 5 rings (SSSR count). The van der Waals surface area contributed by atoms with Gasteiger partial charge in [-0.3, -0.25) is 5.14 Å². The Kier molecular flexibility index (Phi) is 6.19. The normalized spacial score (nSPS) is 19.4. The molecule has 0 saturated carbocycles. The predicted octanol–water partition coefficient (Wildman–Crippen LogP) is 2.96. The summed E-state index contributed by atoms with van der Waals surface area (Å²) >= 11 is 0.690. The number of ether oxygens (including phenoxy) is 1. The number of alkyl halides is 3. The first-order valence-corrected chi connectivity index (χ1v) is 10.8. The molecule has 162 valence electrons. The molecular formula is C20H23F3N4O2S. The van der Waals surface area contributed by atoms with E-state index in [0.29, 0.717) is 49.5 Å². The molecule has 1 aliphatic carbocycles. The van der Waals surface area contributed by atoms with E-state index in [2.05, 4.69) is 15.1 Å². The van der Waals surface area contributed by atoms with Crippen molar-refractivity contribution in [1.29, 1.82) is 0 Å². The largest absolute Gasteiger partial charge is 0.389 e. The predicted molar refractivity (Wildman–Crippen MR) is 109 cm³/mol. The topological polar surface area (TPSA) is 84.5 Å². The Morgan fingerprint density at radius 2 is 2.00 bits per heavy atom. The first-order chi connectivity index (χ1) is 14.4. The maximum absolute atomic E-state index is 14.4. The number of rotatable bonds is 3. The van der Waals surface area contributed by atoms with E-state index in [1.165, 1.54) is 5.56 Å². The maximum Gasteiger partial charge on any atom is 0.290 e. The minimum absolute atomic E-state index is 0.159.